The van der Waals surface area contributed by atoms with Crippen LogP contribution in [0.4, 0.5) is 5.69 Å². The molecule has 1 amide bonds. The van der Waals surface area contributed by atoms with E-state index in [0.29, 0.717) is 42.3 Å². The highest BCUT2D eigenvalue weighted by Gasteiger charge is 2.40. The van der Waals surface area contributed by atoms with Gasteiger partial charge in [0.15, 0.2) is 6.61 Å². The number of aromatic nitrogens is 2. The molecule has 0 N–H and O–H groups in total. The fraction of sp³-hybridized carbons (Fsp3) is 0.407. The van der Waals surface area contributed by atoms with E-state index in [2.05, 4.69) is 16.2 Å². The predicted octanol–water partition coefficient (Wildman–Crippen LogP) is 4.19. The Labute approximate surface area is 209 Å². The molecular weight excluding hydrogens is 462 g/mol. The summed E-state index contributed by atoms with van der Waals surface area (Å²) < 4.78 is 21.5. The lowest BCUT2D eigenvalue weighted by molar-refractivity contribution is -0.156. The van der Waals surface area contributed by atoms with Crippen molar-refractivity contribution in [3.63, 3.8) is 0 Å². The van der Waals surface area contributed by atoms with Crippen LogP contribution in [0.1, 0.15) is 37.1 Å². The lowest BCUT2D eigenvalue weighted by atomic mass is 9.78. The number of hydrogen-bond acceptors (Lipinski definition) is 8. The van der Waals surface area contributed by atoms with Gasteiger partial charge in [-0.3, -0.25) is 9.59 Å². The molecule has 1 aliphatic carbocycles. The number of ether oxygens (including phenoxy) is 3. The standard InChI is InChI=1S/C27H29N3O6/c1-33-18-11-12-21(23(15-18)34-2)25-28-24(36-29-25)16-35-27(32)20-9-5-4-8-19(20)26(31)30-14-13-17-7-3-6-10-22(17)30/h3,6-7,10-12,15,19-20H,4-5,8-9,13-14,16H2,1-2H3. The fourth-order valence-corrected chi connectivity index (χ4v) is 5.12. The maximum absolute atomic E-state index is 13.5. The second-order valence-corrected chi connectivity index (χ2v) is 9.05. The number of esters is 1. The lowest BCUT2D eigenvalue weighted by Gasteiger charge is -2.32. The summed E-state index contributed by atoms with van der Waals surface area (Å²) in [7, 11) is 3.12. The van der Waals surface area contributed by atoms with E-state index >= 15 is 0 Å². The van der Waals surface area contributed by atoms with Gasteiger partial charge in [-0.2, -0.15) is 4.98 Å². The number of carbonyl (C=O) groups is 2. The number of hydrogen-bond donors (Lipinski definition) is 0. The molecule has 2 aromatic carbocycles. The SMILES string of the molecule is COc1ccc(-c2noc(COC(=O)C3CCCCC3C(=O)N3CCc4ccccc43)n2)c(OC)c1. The van der Waals surface area contributed by atoms with Gasteiger partial charge in [-0.25, -0.2) is 0 Å². The summed E-state index contributed by atoms with van der Waals surface area (Å²) in [6.45, 7) is 0.490. The van der Waals surface area contributed by atoms with Crippen LogP contribution in [0.3, 0.4) is 0 Å². The fourth-order valence-electron chi connectivity index (χ4n) is 5.12. The Morgan fingerprint density at radius 3 is 2.67 bits per heavy atom. The summed E-state index contributed by atoms with van der Waals surface area (Å²) in [6.07, 6.45) is 3.96. The molecule has 9 nitrogen and oxygen atoms in total. The average molecular weight is 492 g/mol. The highest BCUT2D eigenvalue weighted by atomic mass is 16.6. The van der Waals surface area contributed by atoms with Crippen molar-refractivity contribution in [2.75, 3.05) is 25.7 Å². The number of rotatable bonds is 7. The Kier molecular flexibility index (Phi) is 6.88. The third-order valence-electron chi connectivity index (χ3n) is 6.99. The Bertz CT molecular complexity index is 1260. The van der Waals surface area contributed by atoms with Crippen LogP contribution in [-0.2, 0) is 27.4 Å². The van der Waals surface area contributed by atoms with Crippen molar-refractivity contribution in [2.24, 2.45) is 11.8 Å². The Morgan fingerprint density at radius 1 is 1.06 bits per heavy atom. The summed E-state index contributed by atoms with van der Waals surface area (Å²) >= 11 is 0. The van der Waals surface area contributed by atoms with Crippen LogP contribution < -0.4 is 14.4 Å². The number of fused-ring (bicyclic) bond motifs is 1. The molecule has 3 aromatic rings. The van der Waals surface area contributed by atoms with E-state index < -0.39 is 11.9 Å². The molecular formula is C27H29N3O6. The van der Waals surface area contributed by atoms with Crippen molar-refractivity contribution >= 4 is 17.6 Å². The summed E-state index contributed by atoms with van der Waals surface area (Å²) in [5.41, 5.74) is 2.75. The second kappa shape index (κ2) is 10.4. The quantitative estimate of drug-likeness (QED) is 0.453. The van der Waals surface area contributed by atoms with E-state index in [1.807, 2.05) is 23.1 Å². The van der Waals surface area contributed by atoms with Crippen LogP contribution in [0.2, 0.25) is 0 Å². The Morgan fingerprint density at radius 2 is 1.86 bits per heavy atom. The first-order valence-corrected chi connectivity index (χ1v) is 12.2. The van der Waals surface area contributed by atoms with Crippen LogP contribution >= 0.6 is 0 Å². The number of para-hydroxylation sites is 1. The van der Waals surface area contributed by atoms with Crippen molar-refractivity contribution < 1.29 is 28.3 Å². The maximum Gasteiger partial charge on any atom is 0.310 e. The monoisotopic (exact) mass is 491 g/mol. The zero-order valence-corrected chi connectivity index (χ0v) is 20.4. The molecule has 1 fully saturated rings. The molecule has 2 heterocycles. The second-order valence-electron chi connectivity index (χ2n) is 9.05. The maximum atomic E-state index is 13.5. The Hall–Kier alpha value is -3.88. The van der Waals surface area contributed by atoms with Gasteiger partial charge < -0.3 is 23.6 Å². The molecule has 1 aromatic heterocycles. The van der Waals surface area contributed by atoms with Gasteiger partial charge in [0.25, 0.3) is 5.89 Å². The zero-order chi connectivity index (χ0) is 25.1. The third kappa shape index (κ3) is 4.65. The van der Waals surface area contributed by atoms with Gasteiger partial charge in [0.1, 0.15) is 11.5 Å². The molecule has 0 spiro atoms. The topological polar surface area (TPSA) is 104 Å². The van der Waals surface area contributed by atoms with Gasteiger partial charge in [0.05, 0.1) is 31.6 Å². The molecule has 5 rings (SSSR count). The normalized spacial score (nSPS) is 19.0. The van der Waals surface area contributed by atoms with E-state index in [4.69, 9.17) is 18.7 Å². The van der Waals surface area contributed by atoms with Crippen LogP contribution in [0.5, 0.6) is 11.5 Å². The first-order valence-electron chi connectivity index (χ1n) is 12.2. The molecule has 188 valence electrons. The van der Waals surface area contributed by atoms with Gasteiger partial charge >= 0.3 is 5.97 Å². The molecule has 1 saturated carbocycles. The smallest absolute Gasteiger partial charge is 0.310 e. The number of anilines is 1. The van der Waals surface area contributed by atoms with Crippen molar-refractivity contribution in [1.29, 1.82) is 0 Å². The number of amides is 1. The largest absolute Gasteiger partial charge is 0.497 e. The minimum Gasteiger partial charge on any atom is -0.497 e. The lowest BCUT2D eigenvalue weighted by Crippen LogP contribution is -2.42. The number of methoxy groups -OCH3 is 2. The molecule has 1 aliphatic heterocycles. The molecule has 2 unspecified atom stereocenters. The molecule has 2 aliphatic rings. The molecule has 0 saturated heterocycles. The zero-order valence-electron chi connectivity index (χ0n) is 20.4. The first kappa shape index (κ1) is 23.8. The van der Waals surface area contributed by atoms with E-state index in [9.17, 15) is 9.59 Å². The number of benzene rings is 2. The highest BCUT2D eigenvalue weighted by Crippen LogP contribution is 2.37. The summed E-state index contributed by atoms with van der Waals surface area (Å²) in [5, 5.41) is 4.00. The van der Waals surface area contributed by atoms with Gasteiger partial charge in [-0.1, -0.05) is 36.2 Å². The molecule has 0 bridgehead atoms. The van der Waals surface area contributed by atoms with Crippen LogP contribution in [0.15, 0.2) is 47.0 Å². The van der Waals surface area contributed by atoms with Gasteiger partial charge in [-0.05, 0) is 43.0 Å². The molecule has 36 heavy (non-hydrogen) atoms. The summed E-state index contributed by atoms with van der Waals surface area (Å²) in [5.74, 6) is 0.397. The van der Waals surface area contributed by atoms with E-state index in [-0.39, 0.29) is 24.3 Å². The van der Waals surface area contributed by atoms with Gasteiger partial charge in [-0.15, -0.1) is 0 Å². The van der Waals surface area contributed by atoms with E-state index in [1.165, 1.54) is 5.56 Å². The van der Waals surface area contributed by atoms with Crippen molar-refractivity contribution in [3.8, 4) is 22.9 Å². The average Bonchev–Trinajstić information content (AvgIpc) is 3.58. The number of carbonyl (C=O) groups excluding carboxylic acids is 2. The van der Waals surface area contributed by atoms with Crippen LogP contribution in [-0.4, -0.2) is 42.8 Å². The highest BCUT2D eigenvalue weighted by molar-refractivity contribution is 5.99. The van der Waals surface area contributed by atoms with Crippen LogP contribution in [0, 0.1) is 11.8 Å². The molecule has 0 radical (unpaired) electrons. The number of nitrogens with zero attached hydrogens (tertiary/aromatic N) is 3. The molecule has 9 heteroatoms. The van der Waals surface area contributed by atoms with Crippen molar-refractivity contribution in [1.82, 2.24) is 10.1 Å². The minimum atomic E-state index is -0.483. The first-order chi connectivity index (χ1) is 17.6. The van der Waals surface area contributed by atoms with E-state index in [1.54, 1.807) is 32.4 Å². The van der Waals surface area contributed by atoms with E-state index in [0.717, 1.165) is 24.9 Å². The summed E-state index contributed by atoms with van der Waals surface area (Å²) in [4.78, 5) is 32.7. The summed E-state index contributed by atoms with van der Waals surface area (Å²) in [6, 6.07) is 13.2. The van der Waals surface area contributed by atoms with Crippen molar-refractivity contribution in [3.05, 3.63) is 53.9 Å². The van der Waals surface area contributed by atoms with Gasteiger partial charge in [0, 0.05) is 18.3 Å². The third-order valence-corrected chi connectivity index (χ3v) is 6.99. The van der Waals surface area contributed by atoms with Gasteiger partial charge in [0.2, 0.25) is 11.7 Å². The molecule has 2 atom stereocenters. The Balaban J connectivity index is 1.25. The van der Waals surface area contributed by atoms with Crippen molar-refractivity contribution in [2.45, 2.75) is 38.7 Å². The predicted molar refractivity (Wildman–Crippen MR) is 131 cm³/mol. The minimum absolute atomic E-state index is 0.00766. The van der Waals surface area contributed by atoms with Crippen LogP contribution in [0.25, 0.3) is 11.4 Å².